The summed E-state index contributed by atoms with van der Waals surface area (Å²) < 4.78 is 10.5. The average Bonchev–Trinajstić information content (AvgIpc) is 3.22. The van der Waals surface area contributed by atoms with Crippen molar-refractivity contribution in [1.29, 1.82) is 0 Å². The van der Waals surface area contributed by atoms with Gasteiger partial charge in [0, 0.05) is 32.3 Å². The molecule has 1 aromatic heterocycles. The van der Waals surface area contributed by atoms with Crippen molar-refractivity contribution in [2.24, 2.45) is 0 Å². The summed E-state index contributed by atoms with van der Waals surface area (Å²) in [6, 6.07) is 10.9. The topological polar surface area (TPSA) is 63.0 Å². The highest BCUT2D eigenvalue weighted by Crippen LogP contribution is 2.14. The van der Waals surface area contributed by atoms with E-state index >= 15 is 0 Å². The summed E-state index contributed by atoms with van der Waals surface area (Å²) in [6.45, 7) is 4.60. The zero-order valence-corrected chi connectivity index (χ0v) is 14.8. The number of ether oxygens (including phenoxy) is 1. The highest BCUT2D eigenvalue weighted by molar-refractivity contribution is 5.93. The number of piperazine rings is 1. The van der Waals surface area contributed by atoms with Crippen molar-refractivity contribution in [2.45, 2.75) is 6.92 Å². The maximum Gasteiger partial charge on any atom is 0.289 e. The Kier molecular flexibility index (Phi) is 5.73. The molecule has 2 heterocycles. The van der Waals surface area contributed by atoms with Gasteiger partial charge in [-0.25, -0.2) is 0 Å². The van der Waals surface area contributed by atoms with E-state index in [2.05, 4.69) is 0 Å². The normalized spacial score (nSPS) is 14.7. The third kappa shape index (κ3) is 4.33. The van der Waals surface area contributed by atoms with Crippen LogP contribution in [0.2, 0.25) is 0 Å². The molecule has 2 amide bonds. The molecule has 0 N–H and O–H groups in total. The van der Waals surface area contributed by atoms with Gasteiger partial charge in [0.1, 0.15) is 5.75 Å². The SMILES string of the molecule is CCOc1ccc(/C=C/C(=O)N2CCN(C(=O)c3ccco3)CC2)cc1. The highest BCUT2D eigenvalue weighted by Gasteiger charge is 2.25. The molecule has 136 valence electrons. The van der Waals surface area contributed by atoms with Crippen LogP contribution in [0.3, 0.4) is 0 Å². The van der Waals surface area contributed by atoms with E-state index < -0.39 is 0 Å². The van der Waals surface area contributed by atoms with Crippen molar-refractivity contribution in [3.63, 3.8) is 0 Å². The second-order valence-electron chi connectivity index (χ2n) is 5.93. The number of hydrogen-bond donors (Lipinski definition) is 0. The van der Waals surface area contributed by atoms with E-state index in [0.29, 0.717) is 38.5 Å². The van der Waals surface area contributed by atoms with Crippen LogP contribution in [0.5, 0.6) is 5.75 Å². The maximum atomic E-state index is 12.3. The van der Waals surface area contributed by atoms with Crippen LogP contribution in [-0.4, -0.2) is 54.4 Å². The van der Waals surface area contributed by atoms with Crippen molar-refractivity contribution in [3.8, 4) is 5.75 Å². The quantitative estimate of drug-likeness (QED) is 0.775. The first kappa shape index (κ1) is 17.8. The minimum absolute atomic E-state index is 0.0519. The number of rotatable bonds is 5. The van der Waals surface area contributed by atoms with Gasteiger partial charge in [-0.3, -0.25) is 9.59 Å². The molecule has 0 spiro atoms. The molecule has 0 radical (unpaired) electrons. The Bertz CT molecular complexity index is 758. The zero-order valence-electron chi connectivity index (χ0n) is 14.8. The predicted molar refractivity (Wildman–Crippen MR) is 97.8 cm³/mol. The summed E-state index contributed by atoms with van der Waals surface area (Å²) in [5.41, 5.74) is 0.938. The van der Waals surface area contributed by atoms with Gasteiger partial charge in [0.15, 0.2) is 5.76 Å². The minimum atomic E-state index is -0.132. The lowest BCUT2D eigenvalue weighted by molar-refractivity contribution is -0.127. The Balaban J connectivity index is 1.51. The van der Waals surface area contributed by atoms with Crippen molar-refractivity contribution in [1.82, 2.24) is 9.80 Å². The third-order valence-corrected chi connectivity index (χ3v) is 4.22. The van der Waals surface area contributed by atoms with E-state index in [1.165, 1.54) is 6.26 Å². The van der Waals surface area contributed by atoms with Gasteiger partial charge < -0.3 is 19.0 Å². The van der Waals surface area contributed by atoms with E-state index in [1.54, 1.807) is 34.1 Å². The van der Waals surface area contributed by atoms with Crippen LogP contribution in [0.1, 0.15) is 23.0 Å². The first-order chi connectivity index (χ1) is 12.7. The lowest BCUT2D eigenvalue weighted by Crippen LogP contribution is -2.50. The van der Waals surface area contributed by atoms with E-state index in [-0.39, 0.29) is 11.8 Å². The number of hydrogen-bond acceptors (Lipinski definition) is 4. The van der Waals surface area contributed by atoms with Gasteiger partial charge in [0.25, 0.3) is 5.91 Å². The molecule has 2 aromatic rings. The molecule has 1 fully saturated rings. The molecule has 1 aliphatic rings. The largest absolute Gasteiger partial charge is 0.494 e. The summed E-state index contributed by atoms with van der Waals surface area (Å²) in [4.78, 5) is 28.0. The van der Waals surface area contributed by atoms with Crippen LogP contribution in [0, 0.1) is 0 Å². The molecule has 1 aromatic carbocycles. The number of carbonyl (C=O) groups is 2. The zero-order chi connectivity index (χ0) is 18.4. The van der Waals surface area contributed by atoms with Gasteiger partial charge in [-0.2, -0.15) is 0 Å². The molecular formula is C20H22N2O4. The first-order valence-electron chi connectivity index (χ1n) is 8.70. The van der Waals surface area contributed by atoms with Gasteiger partial charge in [-0.05, 0) is 42.8 Å². The molecule has 6 nitrogen and oxygen atoms in total. The smallest absolute Gasteiger partial charge is 0.289 e. The second kappa shape index (κ2) is 8.38. The summed E-state index contributed by atoms with van der Waals surface area (Å²) >= 11 is 0. The fraction of sp³-hybridized carbons (Fsp3) is 0.300. The number of carbonyl (C=O) groups excluding carboxylic acids is 2. The monoisotopic (exact) mass is 354 g/mol. The van der Waals surface area contributed by atoms with Gasteiger partial charge >= 0.3 is 0 Å². The average molecular weight is 354 g/mol. The Labute approximate surface area is 152 Å². The number of nitrogens with zero attached hydrogens (tertiary/aromatic N) is 2. The molecule has 1 aliphatic heterocycles. The molecule has 0 saturated carbocycles. The number of benzene rings is 1. The van der Waals surface area contributed by atoms with E-state index in [0.717, 1.165) is 11.3 Å². The molecule has 3 rings (SSSR count). The highest BCUT2D eigenvalue weighted by atomic mass is 16.5. The molecule has 0 bridgehead atoms. The maximum absolute atomic E-state index is 12.3. The van der Waals surface area contributed by atoms with Gasteiger partial charge in [-0.15, -0.1) is 0 Å². The lowest BCUT2D eigenvalue weighted by Gasteiger charge is -2.33. The molecule has 0 unspecified atom stereocenters. The molecule has 6 heteroatoms. The second-order valence-corrected chi connectivity index (χ2v) is 5.93. The summed E-state index contributed by atoms with van der Waals surface area (Å²) in [7, 11) is 0. The Morgan fingerprint density at radius 1 is 1.08 bits per heavy atom. The molecule has 0 aliphatic carbocycles. The first-order valence-corrected chi connectivity index (χ1v) is 8.70. The van der Waals surface area contributed by atoms with Gasteiger partial charge in [-0.1, -0.05) is 12.1 Å². The van der Waals surface area contributed by atoms with Crippen LogP contribution in [-0.2, 0) is 4.79 Å². The molecule has 26 heavy (non-hydrogen) atoms. The van der Waals surface area contributed by atoms with Gasteiger partial charge in [0.2, 0.25) is 5.91 Å². The van der Waals surface area contributed by atoms with Crippen molar-refractivity contribution in [3.05, 3.63) is 60.1 Å². The van der Waals surface area contributed by atoms with Crippen LogP contribution in [0.15, 0.2) is 53.2 Å². The fourth-order valence-corrected chi connectivity index (χ4v) is 2.80. The minimum Gasteiger partial charge on any atom is -0.494 e. The van der Waals surface area contributed by atoms with Crippen molar-refractivity contribution in [2.75, 3.05) is 32.8 Å². The molecular weight excluding hydrogens is 332 g/mol. The fourth-order valence-electron chi connectivity index (χ4n) is 2.80. The van der Waals surface area contributed by atoms with Crippen LogP contribution >= 0.6 is 0 Å². The lowest BCUT2D eigenvalue weighted by atomic mass is 10.2. The predicted octanol–water partition coefficient (Wildman–Crippen LogP) is 2.68. The Hall–Kier alpha value is -3.02. The van der Waals surface area contributed by atoms with Crippen molar-refractivity contribution < 1.29 is 18.7 Å². The van der Waals surface area contributed by atoms with E-state index in [4.69, 9.17) is 9.15 Å². The Morgan fingerprint density at radius 2 is 1.77 bits per heavy atom. The summed E-state index contributed by atoms with van der Waals surface area (Å²) in [5, 5.41) is 0. The van der Waals surface area contributed by atoms with Crippen molar-refractivity contribution >= 4 is 17.9 Å². The van der Waals surface area contributed by atoms with Crippen LogP contribution in [0.4, 0.5) is 0 Å². The summed E-state index contributed by atoms with van der Waals surface area (Å²) in [6.07, 6.45) is 4.84. The Morgan fingerprint density at radius 3 is 2.38 bits per heavy atom. The van der Waals surface area contributed by atoms with Crippen LogP contribution < -0.4 is 4.74 Å². The van der Waals surface area contributed by atoms with Gasteiger partial charge in [0.05, 0.1) is 12.9 Å². The third-order valence-electron chi connectivity index (χ3n) is 4.22. The number of furan rings is 1. The van der Waals surface area contributed by atoms with Crippen LogP contribution in [0.25, 0.3) is 6.08 Å². The van der Waals surface area contributed by atoms with E-state index in [1.807, 2.05) is 31.2 Å². The number of amides is 2. The standard InChI is InChI=1S/C20H22N2O4/c1-2-25-17-8-5-16(6-9-17)7-10-19(23)21-11-13-22(14-12-21)20(24)18-4-3-15-26-18/h3-10,15H,2,11-14H2,1H3/b10-7+. The summed E-state index contributed by atoms with van der Waals surface area (Å²) in [5.74, 6) is 0.963. The molecule has 1 saturated heterocycles. The van der Waals surface area contributed by atoms with E-state index in [9.17, 15) is 9.59 Å². The molecule has 0 atom stereocenters.